The summed E-state index contributed by atoms with van der Waals surface area (Å²) in [5.41, 5.74) is 2.55. The average molecular weight is 420 g/mol. The van der Waals surface area contributed by atoms with Crippen LogP contribution in [0, 0.1) is 5.82 Å². The van der Waals surface area contributed by atoms with Gasteiger partial charge in [0, 0.05) is 32.0 Å². The number of nitrogens with zero attached hydrogens (tertiary/aromatic N) is 4. The van der Waals surface area contributed by atoms with Crippen molar-refractivity contribution in [1.82, 2.24) is 9.97 Å². The normalized spacial score (nSPS) is 13.3. The Balaban J connectivity index is 1.56. The maximum absolute atomic E-state index is 13.5. The molecular weight excluding hydrogens is 393 g/mol. The largest absolute Gasteiger partial charge is 0.368 e. The second-order valence-electron chi connectivity index (χ2n) is 7.63. The first-order valence-electron chi connectivity index (χ1n) is 10.6. The van der Waals surface area contributed by atoms with Crippen molar-refractivity contribution in [1.29, 1.82) is 0 Å². The molecule has 6 nitrogen and oxygen atoms in total. The minimum atomic E-state index is -0.240. The van der Waals surface area contributed by atoms with Gasteiger partial charge in [-0.3, -0.25) is 9.78 Å². The van der Waals surface area contributed by atoms with E-state index < -0.39 is 0 Å². The van der Waals surface area contributed by atoms with Gasteiger partial charge >= 0.3 is 0 Å². The van der Waals surface area contributed by atoms with E-state index in [4.69, 9.17) is 4.98 Å². The Morgan fingerprint density at radius 2 is 1.94 bits per heavy atom. The summed E-state index contributed by atoms with van der Waals surface area (Å²) in [6, 6.07) is 14.3. The Labute approximate surface area is 181 Å². The molecule has 3 aromatic rings. The molecule has 0 bridgehead atoms. The van der Waals surface area contributed by atoms with Crippen molar-refractivity contribution in [2.45, 2.75) is 25.8 Å². The van der Waals surface area contributed by atoms with E-state index in [1.807, 2.05) is 30.3 Å². The van der Waals surface area contributed by atoms with Crippen molar-refractivity contribution in [3.63, 3.8) is 0 Å². The van der Waals surface area contributed by atoms with Gasteiger partial charge in [0.05, 0.1) is 12.2 Å². The molecule has 0 unspecified atom stereocenters. The molecule has 1 aliphatic heterocycles. The third kappa shape index (κ3) is 5.36. The summed E-state index contributed by atoms with van der Waals surface area (Å²) in [7, 11) is 0. The van der Waals surface area contributed by atoms with Crippen molar-refractivity contribution < 1.29 is 9.18 Å². The number of amides is 1. The summed E-state index contributed by atoms with van der Waals surface area (Å²) < 4.78 is 13.5. The molecule has 7 heteroatoms. The van der Waals surface area contributed by atoms with E-state index in [1.54, 1.807) is 23.4 Å². The van der Waals surface area contributed by atoms with Crippen LogP contribution < -0.4 is 15.1 Å². The number of aromatic nitrogens is 2. The van der Waals surface area contributed by atoms with E-state index >= 15 is 0 Å². The number of pyridine rings is 2. The van der Waals surface area contributed by atoms with Crippen LogP contribution in [0.5, 0.6) is 0 Å². The van der Waals surface area contributed by atoms with Crippen molar-refractivity contribution in [3.8, 4) is 0 Å². The van der Waals surface area contributed by atoms with Crippen molar-refractivity contribution >= 4 is 23.7 Å². The van der Waals surface area contributed by atoms with Crippen LogP contribution in [0.1, 0.15) is 24.0 Å². The van der Waals surface area contributed by atoms with Crippen LogP contribution in [-0.2, 0) is 17.8 Å². The Morgan fingerprint density at radius 1 is 1.10 bits per heavy atom. The zero-order valence-electron chi connectivity index (χ0n) is 17.4. The highest BCUT2D eigenvalue weighted by Crippen LogP contribution is 2.29. The van der Waals surface area contributed by atoms with Crippen molar-refractivity contribution in [3.05, 3.63) is 77.9 Å². The van der Waals surface area contributed by atoms with Gasteiger partial charge in [-0.05, 0) is 60.7 Å². The standard InChI is InChI=1S/C24H26FN5O/c25-21-7-3-5-19(15-21)10-12-27-24-22(8-9-23(28-24)29-13-1-2-14-29)30(18-31)17-20-6-4-11-26-16-20/h3-9,11,15-16,18H,1-2,10,12-14,17H2,(H,27,28). The quantitative estimate of drug-likeness (QED) is 0.531. The lowest BCUT2D eigenvalue weighted by atomic mass is 10.1. The molecule has 0 aliphatic carbocycles. The summed E-state index contributed by atoms with van der Waals surface area (Å²) in [6.45, 7) is 2.96. The first kappa shape index (κ1) is 20.8. The number of rotatable bonds is 9. The van der Waals surface area contributed by atoms with Gasteiger partial charge in [-0.2, -0.15) is 0 Å². The molecule has 1 aliphatic rings. The highest BCUT2D eigenvalue weighted by Gasteiger charge is 2.18. The topological polar surface area (TPSA) is 61.4 Å². The molecule has 160 valence electrons. The van der Waals surface area contributed by atoms with Crippen LogP contribution in [0.25, 0.3) is 0 Å². The number of hydrogen-bond donors (Lipinski definition) is 1. The molecule has 3 heterocycles. The summed E-state index contributed by atoms with van der Waals surface area (Å²) >= 11 is 0. The summed E-state index contributed by atoms with van der Waals surface area (Å²) in [4.78, 5) is 24.8. The van der Waals surface area contributed by atoms with Crippen LogP contribution in [0.15, 0.2) is 60.9 Å². The smallest absolute Gasteiger partial charge is 0.214 e. The van der Waals surface area contributed by atoms with E-state index in [0.717, 1.165) is 49.3 Å². The molecule has 0 saturated carbocycles. The number of anilines is 3. The zero-order chi connectivity index (χ0) is 21.5. The monoisotopic (exact) mass is 419 g/mol. The fourth-order valence-electron chi connectivity index (χ4n) is 3.81. The van der Waals surface area contributed by atoms with Gasteiger partial charge < -0.3 is 15.1 Å². The molecule has 1 aromatic carbocycles. The fourth-order valence-corrected chi connectivity index (χ4v) is 3.81. The fraction of sp³-hybridized carbons (Fsp3) is 0.292. The molecule has 0 atom stereocenters. The number of carbonyl (C=O) groups is 1. The minimum Gasteiger partial charge on any atom is -0.368 e. The third-order valence-electron chi connectivity index (χ3n) is 5.40. The molecule has 0 radical (unpaired) electrons. The van der Waals surface area contributed by atoms with Crippen LogP contribution >= 0.6 is 0 Å². The zero-order valence-corrected chi connectivity index (χ0v) is 17.4. The van der Waals surface area contributed by atoms with E-state index in [1.165, 1.54) is 12.1 Å². The molecular formula is C24H26FN5O. The second-order valence-corrected chi connectivity index (χ2v) is 7.63. The van der Waals surface area contributed by atoms with Crippen molar-refractivity contribution in [2.24, 2.45) is 0 Å². The van der Waals surface area contributed by atoms with Gasteiger partial charge in [-0.15, -0.1) is 0 Å². The van der Waals surface area contributed by atoms with Crippen LogP contribution in [0.4, 0.5) is 21.7 Å². The molecule has 2 aromatic heterocycles. The maximum Gasteiger partial charge on any atom is 0.214 e. The maximum atomic E-state index is 13.5. The van der Waals surface area contributed by atoms with Crippen LogP contribution in [0.3, 0.4) is 0 Å². The SMILES string of the molecule is O=CN(Cc1cccnc1)c1ccc(N2CCCC2)nc1NCCc1cccc(F)c1. The Bertz CT molecular complexity index is 1010. The number of carbonyl (C=O) groups excluding carboxylic acids is 1. The molecule has 1 fully saturated rings. The van der Waals surface area contributed by atoms with Crippen LogP contribution in [-0.4, -0.2) is 36.0 Å². The molecule has 1 amide bonds. The molecule has 1 N–H and O–H groups in total. The van der Waals surface area contributed by atoms with Gasteiger partial charge in [0.25, 0.3) is 0 Å². The first-order chi connectivity index (χ1) is 15.2. The molecule has 4 rings (SSSR count). The number of nitrogens with one attached hydrogen (secondary N) is 1. The predicted molar refractivity (Wildman–Crippen MR) is 121 cm³/mol. The van der Waals surface area contributed by atoms with E-state index in [0.29, 0.717) is 31.0 Å². The molecule has 1 saturated heterocycles. The number of hydrogen-bond acceptors (Lipinski definition) is 5. The van der Waals surface area contributed by atoms with E-state index in [9.17, 15) is 9.18 Å². The Hall–Kier alpha value is -3.48. The van der Waals surface area contributed by atoms with Crippen molar-refractivity contribution in [2.75, 3.05) is 34.8 Å². The van der Waals surface area contributed by atoms with Gasteiger partial charge in [0.15, 0.2) is 5.82 Å². The van der Waals surface area contributed by atoms with Crippen LogP contribution in [0.2, 0.25) is 0 Å². The minimum absolute atomic E-state index is 0.240. The molecule has 0 spiro atoms. The lowest BCUT2D eigenvalue weighted by molar-refractivity contribution is -0.107. The second kappa shape index (κ2) is 10.0. The lowest BCUT2D eigenvalue weighted by Gasteiger charge is -2.24. The lowest BCUT2D eigenvalue weighted by Crippen LogP contribution is -2.24. The van der Waals surface area contributed by atoms with Gasteiger partial charge in [-0.1, -0.05) is 18.2 Å². The summed E-state index contributed by atoms with van der Waals surface area (Å²) in [6.07, 6.45) is 7.24. The summed E-state index contributed by atoms with van der Waals surface area (Å²) in [5.74, 6) is 1.31. The van der Waals surface area contributed by atoms with Gasteiger partial charge in [0.2, 0.25) is 6.41 Å². The Morgan fingerprint density at radius 3 is 2.68 bits per heavy atom. The summed E-state index contributed by atoms with van der Waals surface area (Å²) in [5, 5.41) is 3.37. The number of halogens is 1. The van der Waals surface area contributed by atoms with Gasteiger partial charge in [0.1, 0.15) is 11.6 Å². The van der Waals surface area contributed by atoms with Gasteiger partial charge in [-0.25, -0.2) is 9.37 Å². The average Bonchev–Trinajstić information content (AvgIpc) is 3.33. The Kier molecular flexibility index (Phi) is 6.72. The van der Waals surface area contributed by atoms with E-state index in [-0.39, 0.29) is 5.82 Å². The van der Waals surface area contributed by atoms with E-state index in [2.05, 4.69) is 15.2 Å². The highest BCUT2D eigenvalue weighted by atomic mass is 19.1. The highest BCUT2D eigenvalue weighted by molar-refractivity contribution is 5.82. The number of benzene rings is 1. The third-order valence-corrected chi connectivity index (χ3v) is 5.40. The first-order valence-corrected chi connectivity index (χ1v) is 10.6. The predicted octanol–water partition coefficient (Wildman–Crippen LogP) is 4.03. The molecule has 31 heavy (non-hydrogen) atoms.